The van der Waals surface area contributed by atoms with E-state index in [4.69, 9.17) is 11.3 Å². The number of pyridine rings is 1. The van der Waals surface area contributed by atoms with E-state index in [2.05, 4.69) is 43.5 Å². The molecule has 162 valence electrons. The molecule has 0 saturated heterocycles. The lowest BCUT2D eigenvalue weighted by molar-refractivity contribution is -0.666. The monoisotopic (exact) mass is 436 g/mol. The lowest BCUT2D eigenvalue weighted by Crippen LogP contribution is -2.35. The highest BCUT2D eigenvalue weighted by atomic mass is 16.3. The Morgan fingerprint density at radius 3 is 2.45 bits per heavy atom. The molecule has 2 heterocycles. The molecule has 0 radical (unpaired) electrons. The number of benzene rings is 3. The van der Waals surface area contributed by atoms with E-state index in [9.17, 15) is 5.26 Å². The first-order chi connectivity index (χ1) is 18.0. The quantitative estimate of drug-likeness (QED) is 0.277. The number of hydrogen-bond acceptors (Lipinski definition) is 2. The van der Waals surface area contributed by atoms with Gasteiger partial charge in [-0.2, -0.15) is 9.83 Å². The molecule has 0 aliphatic heterocycles. The highest BCUT2D eigenvalue weighted by molar-refractivity contribution is 6.15. The summed E-state index contributed by atoms with van der Waals surface area (Å²) in [6.45, 7) is 8.38. The van der Waals surface area contributed by atoms with E-state index in [0.717, 1.165) is 27.9 Å². The largest absolute Gasteiger partial charge is 0.454 e. The molecule has 0 saturated carbocycles. The van der Waals surface area contributed by atoms with Crippen LogP contribution in [0.1, 0.15) is 49.0 Å². The van der Waals surface area contributed by atoms with Crippen molar-refractivity contribution in [2.24, 2.45) is 7.05 Å². The highest BCUT2D eigenvalue weighted by Gasteiger charge is 2.25. The number of fused-ring (bicyclic) bond motifs is 3. The molecule has 0 spiro atoms. The third-order valence-electron chi connectivity index (χ3n) is 6.38. The van der Waals surface area contributed by atoms with Gasteiger partial charge in [-0.3, -0.25) is 0 Å². The number of aromatic nitrogens is 1. The maximum Gasteiger partial charge on any atom is 0.216 e. The van der Waals surface area contributed by atoms with Crippen LogP contribution >= 0.6 is 0 Å². The molecule has 0 amide bonds. The van der Waals surface area contributed by atoms with Crippen LogP contribution in [0.2, 0.25) is 0 Å². The zero-order valence-electron chi connectivity index (χ0n) is 24.3. The number of aryl methyl sites for hydroxylation is 2. The fourth-order valence-electron chi connectivity index (χ4n) is 4.43. The zero-order valence-corrected chi connectivity index (χ0v) is 19.3. The summed E-state index contributed by atoms with van der Waals surface area (Å²) < 4.78 is 50.0. The van der Waals surface area contributed by atoms with Crippen molar-refractivity contribution in [2.45, 2.75) is 33.6 Å². The number of nitriles is 1. The van der Waals surface area contributed by atoms with Crippen molar-refractivity contribution < 1.29 is 15.8 Å². The Kier molecular flexibility index (Phi) is 3.79. The van der Waals surface area contributed by atoms with Crippen molar-refractivity contribution in [3.8, 4) is 28.5 Å². The fourth-order valence-corrected chi connectivity index (χ4v) is 4.43. The second-order valence-electron chi connectivity index (χ2n) is 8.74. The molecule has 0 unspecified atom stereocenters. The topological polar surface area (TPSA) is 40.8 Å². The smallest absolute Gasteiger partial charge is 0.216 e. The van der Waals surface area contributed by atoms with E-state index in [1.807, 2.05) is 26.1 Å². The Morgan fingerprint density at radius 2 is 1.76 bits per heavy atom. The van der Waals surface area contributed by atoms with Crippen molar-refractivity contribution >= 4 is 21.9 Å². The molecule has 0 aliphatic rings. The van der Waals surface area contributed by atoms with E-state index in [-0.39, 0.29) is 17.6 Å². The van der Waals surface area contributed by atoms with Gasteiger partial charge in [0.05, 0.1) is 24.0 Å². The van der Waals surface area contributed by atoms with Crippen molar-refractivity contribution in [2.75, 3.05) is 0 Å². The molecular formula is C30H27N2O+. The minimum atomic E-state index is -0.455. The summed E-state index contributed by atoms with van der Waals surface area (Å²) in [7, 11) is 2.01. The van der Waals surface area contributed by atoms with E-state index in [1.54, 1.807) is 12.1 Å². The molecule has 2 aromatic heterocycles. The molecule has 0 atom stereocenters. The van der Waals surface area contributed by atoms with Gasteiger partial charge in [0.25, 0.3) is 0 Å². The van der Waals surface area contributed by atoms with Crippen LogP contribution in [-0.4, -0.2) is 0 Å². The molecule has 0 N–H and O–H groups in total. The first-order valence-corrected chi connectivity index (χ1v) is 10.9. The molecule has 5 rings (SSSR count). The van der Waals surface area contributed by atoms with Gasteiger partial charge in [-0.15, -0.1) is 0 Å². The standard InChI is InChI=1S/C30H27N2O/c1-18(2)23-15-20(4)32(5)26(16-23)27-19(3)11-13-25-28-22(17-31)12-14-24(29(28)33-30(25)27)21-9-7-6-8-10-21/h6-16,18H,1-5H3/q+1/i6D,7D,8D,9D,10D. The van der Waals surface area contributed by atoms with Gasteiger partial charge in [0.1, 0.15) is 18.2 Å². The molecule has 0 aliphatic carbocycles. The highest BCUT2D eigenvalue weighted by Crippen LogP contribution is 2.42. The van der Waals surface area contributed by atoms with Gasteiger partial charge in [0.15, 0.2) is 5.69 Å². The molecule has 3 aromatic carbocycles. The van der Waals surface area contributed by atoms with Crippen LogP contribution in [0.3, 0.4) is 0 Å². The lowest BCUT2D eigenvalue weighted by atomic mass is 9.95. The van der Waals surface area contributed by atoms with Crippen LogP contribution in [0.15, 0.2) is 71.0 Å². The van der Waals surface area contributed by atoms with Crippen LogP contribution in [0.25, 0.3) is 44.3 Å². The normalized spacial score (nSPS) is 13.5. The van der Waals surface area contributed by atoms with E-state index >= 15 is 0 Å². The van der Waals surface area contributed by atoms with E-state index in [0.29, 0.717) is 33.6 Å². The Morgan fingerprint density at radius 1 is 1.00 bits per heavy atom. The SMILES string of the molecule is [2H]c1c([2H])c([2H])c(-c2ccc(C#N)c3c2oc2c(-c4cc(C(C)C)cc(C)[n+]4C)c(C)ccc23)c([2H])c1[2H]. The molecular weight excluding hydrogens is 404 g/mol. The zero-order chi connectivity index (χ0) is 27.6. The minimum Gasteiger partial charge on any atom is -0.454 e. The van der Waals surface area contributed by atoms with Gasteiger partial charge in [-0.05, 0) is 41.7 Å². The van der Waals surface area contributed by atoms with Gasteiger partial charge in [-0.1, -0.05) is 56.2 Å². The third-order valence-corrected chi connectivity index (χ3v) is 6.38. The molecule has 3 heteroatoms. The summed E-state index contributed by atoms with van der Waals surface area (Å²) in [4.78, 5) is 0. The van der Waals surface area contributed by atoms with Gasteiger partial charge >= 0.3 is 0 Å². The summed E-state index contributed by atoms with van der Waals surface area (Å²) >= 11 is 0. The van der Waals surface area contributed by atoms with Crippen molar-refractivity contribution in [3.63, 3.8) is 0 Å². The first kappa shape index (κ1) is 15.8. The first-order valence-electron chi connectivity index (χ1n) is 13.4. The summed E-state index contributed by atoms with van der Waals surface area (Å²) in [5, 5.41) is 11.3. The average Bonchev–Trinajstić information content (AvgIpc) is 3.28. The van der Waals surface area contributed by atoms with Crippen LogP contribution in [-0.2, 0) is 7.05 Å². The average molecular weight is 437 g/mol. The molecule has 3 nitrogen and oxygen atoms in total. The van der Waals surface area contributed by atoms with Crippen molar-refractivity contribution in [3.05, 3.63) is 89.0 Å². The molecule has 33 heavy (non-hydrogen) atoms. The number of nitrogens with zero attached hydrogens (tertiary/aromatic N) is 2. The van der Waals surface area contributed by atoms with Crippen LogP contribution < -0.4 is 4.57 Å². The second-order valence-corrected chi connectivity index (χ2v) is 8.74. The Hall–Kier alpha value is -3.90. The Bertz CT molecular complexity index is 1820. The maximum atomic E-state index is 9.97. The van der Waals surface area contributed by atoms with Crippen molar-refractivity contribution in [1.29, 1.82) is 5.26 Å². The molecule has 0 bridgehead atoms. The van der Waals surface area contributed by atoms with Crippen LogP contribution in [0, 0.1) is 25.2 Å². The van der Waals surface area contributed by atoms with Crippen molar-refractivity contribution in [1.82, 2.24) is 0 Å². The minimum absolute atomic E-state index is 0.0472. The third kappa shape index (κ3) is 3.31. The number of furan rings is 1. The fraction of sp³-hybridized carbons (Fsp3) is 0.200. The van der Waals surface area contributed by atoms with Gasteiger partial charge in [-0.25, -0.2) is 0 Å². The van der Waals surface area contributed by atoms with E-state index < -0.39 is 18.1 Å². The summed E-state index contributed by atoms with van der Waals surface area (Å²) in [5.74, 6) is 0.324. The predicted octanol–water partition coefficient (Wildman–Crippen LogP) is 7.36. The number of rotatable bonds is 3. The molecule has 0 fully saturated rings. The van der Waals surface area contributed by atoms with E-state index in [1.165, 1.54) is 5.56 Å². The Labute approximate surface area is 201 Å². The molecule has 5 aromatic rings. The predicted molar refractivity (Wildman–Crippen MR) is 134 cm³/mol. The van der Waals surface area contributed by atoms with Gasteiger partial charge in [0, 0.05) is 35.4 Å². The summed E-state index contributed by atoms with van der Waals surface area (Å²) in [5.41, 5.74) is 6.85. The maximum absolute atomic E-state index is 9.97. The lowest BCUT2D eigenvalue weighted by Gasteiger charge is -2.11. The Balaban J connectivity index is 1.96. The summed E-state index contributed by atoms with van der Waals surface area (Å²) in [6, 6.07) is 11.8. The van der Waals surface area contributed by atoms with Gasteiger partial charge < -0.3 is 4.42 Å². The number of hydrogen-bond donors (Lipinski definition) is 0. The van der Waals surface area contributed by atoms with Crippen LogP contribution in [0.4, 0.5) is 0 Å². The second kappa shape index (κ2) is 7.90. The summed E-state index contributed by atoms with van der Waals surface area (Å²) in [6.07, 6.45) is 0. The van der Waals surface area contributed by atoms with Crippen LogP contribution in [0.5, 0.6) is 0 Å². The van der Waals surface area contributed by atoms with Gasteiger partial charge in [0.2, 0.25) is 5.69 Å².